The van der Waals surface area contributed by atoms with E-state index in [1.165, 1.54) is 59.6 Å². The van der Waals surface area contributed by atoms with Crippen molar-refractivity contribution in [3.8, 4) is 39.8 Å². The predicted molar refractivity (Wildman–Crippen MR) is 172 cm³/mol. The maximum absolute atomic E-state index is 13.9. The molecule has 0 saturated carbocycles. The number of anilines is 1. The summed E-state index contributed by atoms with van der Waals surface area (Å²) in [6.07, 6.45) is -7.42. The zero-order valence-corrected chi connectivity index (χ0v) is 27.2. The summed E-state index contributed by atoms with van der Waals surface area (Å²) >= 11 is 0. The molecule has 262 valence electrons. The minimum atomic E-state index is -1.95. The Labute approximate surface area is 279 Å². The monoisotopic (exact) mass is 683 g/mol. The van der Waals surface area contributed by atoms with Crippen molar-refractivity contribution in [3.05, 3.63) is 58.2 Å². The second-order valence-corrected chi connectivity index (χ2v) is 11.1. The largest absolute Gasteiger partial charge is 0.504 e. The Bertz CT molecular complexity index is 1850. The fourth-order valence-corrected chi connectivity index (χ4v) is 5.40. The Kier molecular flexibility index (Phi) is 10.7. The van der Waals surface area contributed by atoms with E-state index in [0.29, 0.717) is 0 Å². The number of ketones is 2. The summed E-state index contributed by atoms with van der Waals surface area (Å²) in [5.41, 5.74) is 11.4. The van der Waals surface area contributed by atoms with E-state index >= 15 is 0 Å². The Hall–Kier alpha value is -5.33. The van der Waals surface area contributed by atoms with Crippen molar-refractivity contribution in [2.75, 3.05) is 47.3 Å². The molecule has 0 spiro atoms. The van der Waals surface area contributed by atoms with Gasteiger partial charge in [-0.05, 0) is 36.8 Å². The van der Waals surface area contributed by atoms with Crippen molar-refractivity contribution < 1.29 is 59.2 Å². The van der Waals surface area contributed by atoms with Crippen molar-refractivity contribution >= 4 is 23.2 Å². The Morgan fingerprint density at radius 3 is 2.10 bits per heavy atom. The van der Waals surface area contributed by atoms with Crippen LogP contribution in [0.15, 0.2) is 35.7 Å². The van der Waals surface area contributed by atoms with Crippen LogP contribution in [0.3, 0.4) is 0 Å². The third-order valence-electron chi connectivity index (χ3n) is 8.10. The van der Waals surface area contributed by atoms with Gasteiger partial charge >= 0.3 is 0 Å². The molecular weight excluding hydrogens is 646 g/mol. The van der Waals surface area contributed by atoms with Crippen LogP contribution >= 0.6 is 0 Å². The maximum atomic E-state index is 13.9. The van der Waals surface area contributed by atoms with Gasteiger partial charge < -0.3 is 61.2 Å². The van der Waals surface area contributed by atoms with E-state index in [9.17, 15) is 39.9 Å². The first-order valence-corrected chi connectivity index (χ1v) is 14.6. The van der Waals surface area contributed by atoms with Gasteiger partial charge in [0, 0.05) is 24.7 Å². The number of pyridine rings is 2. The van der Waals surface area contributed by atoms with E-state index < -0.39 is 66.5 Å². The number of aromatic hydroxyl groups is 1. The second-order valence-electron chi connectivity index (χ2n) is 11.1. The van der Waals surface area contributed by atoms with Gasteiger partial charge in [-0.2, -0.15) is 0 Å². The van der Waals surface area contributed by atoms with Gasteiger partial charge in [-0.1, -0.05) is 0 Å². The molecule has 1 aliphatic rings. The highest BCUT2D eigenvalue weighted by atomic mass is 16.5. The Balaban J connectivity index is 1.92. The van der Waals surface area contributed by atoms with Crippen molar-refractivity contribution in [2.24, 2.45) is 5.73 Å². The molecule has 0 fully saturated rings. The molecule has 17 heteroatoms. The van der Waals surface area contributed by atoms with Gasteiger partial charge in [-0.25, -0.2) is 9.97 Å². The molecule has 1 amide bonds. The highest BCUT2D eigenvalue weighted by Gasteiger charge is 2.35. The lowest BCUT2D eigenvalue weighted by atomic mass is 9.92. The summed E-state index contributed by atoms with van der Waals surface area (Å²) in [4.78, 5) is 49.8. The van der Waals surface area contributed by atoms with Gasteiger partial charge in [-0.15, -0.1) is 0 Å². The van der Waals surface area contributed by atoms with Gasteiger partial charge in [0.2, 0.25) is 17.3 Å². The predicted octanol–water partition coefficient (Wildman–Crippen LogP) is -0.872. The first kappa shape index (κ1) is 36.5. The number of nitrogens with two attached hydrogens (primary N) is 2. The zero-order valence-electron chi connectivity index (χ0n) is 27.2. The lowest BCUT2D eigenvalue weighted by Gasteiger charge is -2.29. The van der Waals surface area contributed by atoms with E-state index in [0.717, 1.165) is 4.90 Å². The molecule has 0 radical (unpaired) electrons. The van der Waals surface area contributed by atoms with Crippen LogP contribution in [0.4, 0.5) is 5.69 Å². The lowest BCUT2D eigenvalue weighted by Crippen LogP contribution is -2.50. The van der Waals surface area contributed by atoms with E-state index in [1.807, 2.05) is 0 Å². The van der Waals surface area contributed by atoms with Crippen LogP contribution in [0.5, 0.6) is 17.2 Å². The highest BCUT2D eigenvalue weighted by Crippen LogP contribution is 2.47. The van der Waals surface area contributed by atoms with Crippen molar-refractivity contribution in [2.45, 2.75) is 31.3 Å². The smallest absolute Gasteiger partial charge is 0.272 e. The van der Waals surface area contributed by atoms with Crippen molar-refractivity contribution in [1.82, 2.24) is 14.9 Å². The van der Waals surface area contributed by atoms with Crippen LogP contribution in [0.1, 0.15) is 36.9 Å². The molecule has 49 heavy (non-hydrogen) atoms. The summed E-state index contributed by atoms with van der Waals surface area (Å²) in [5, 5.41) is 60.9. The molecule has 4 atom stereocenters. The molecule has 2 aromatic heterocycles. The minimum Gasteiger partial charge on any atom is -0.504 e. The number of hydrogen-bond donors (Lipinski definition) is 8. The van der Waals surface area contributed by atoms with Gasteiger partial charge in [-0.3, -0.25) is 14.4 Å². The number of nitrogens with zero attached hydrogens (tertiary/aromatic N) is 3. The molecule has 0 unspecified atom stereocenters. The molecular formula is C32H37N5O12. The summed E-state index contributed by atoms with van der Waals surface area (Å²) in [5.74, 6) is -2.91. The Morgan fingerprint density at radius 1 is 0.878 bits per heavy atom. The van der Waals surface area contributed by atoms with Crippen LogP contribution < -0.4 is 20.9 Å². The van der Waals surface area contributed by atoms with Gasteiger partial charge in [0.05, 0.1) is 44.9 Å². The molecule has 4 rings (SSSR count). The van der Waals surface area contributed by atoms with Crippen molar-refractivity contribution in [3.63, 3.8) is 0 Å². The number of hydrogen-bond acceptors (Lipinski definition) is 16. The molecule has 0 aliphatic heterocycles. The summed E-state index contributed by atoms with van der Waals surface area (Å²) < 4.78 is 15.6. The number of nitrogen functional groups attached to an aromatic ring is 1. The van der Waals surface area contributed by atoms with Crippen LogP contribution in [-0.4, -0.2) is 129 Å². The number of carbonyl (C=O) groups is 3. The number of allylic oxidation sites excluding steroid dienone is 2. The number of rotatable bonds is 12. The summed E-state index contributed by atoms with van der Waals surface area (Å²) in [6.45, 7) is 0.0242. The SMILES string of the molecule is COC1=C(N)C(=O)c2nc(-c3nc(C(=O)N(C)C[C@H](O)[C@@H](O)[C@H](O)[C@H](O)CO)c(C)c(-c4ccc(OC)c(OC)c4O)c3N)ccc2C1=O. The quantitative estimate of drug-likeness (QED) is 0.115. The average molecular weight is 684 g/mol. The van der Waals surface area contributed by atoms with Crippen LogP contribution in [0.25, 0.3) is 22.5 Å². The second kappa shape index (κ2) is 14.4. The molecule has 0 saturated heterocycles. The number of aliphatic hydroxyl groups excluding tert-OH is 5. The van der Waals surface area contributed by atoms with Crippen LogP contribution in [0, 0.1) is 6.92 Å². The maximum Gasteiger partial charge on any atom is 0.272 e. The van der Waals surface area contributed by atoms with E-state index in [4.69, 9.17) is 30.8 Å². The molecule has 2 heterocycles. The number of likely N-dealkylation sites (N-methyl/N-ethyl adjacent to an activating group) is 1. The topological polar surface area (TPSA) is 281 Å². The standard InChI is InChI=1S/C32H37N5O12/c1-12-19(13-7-9-18(47-3)30(48-4)25(13)41)20(33)24(15-8-6-14-23(35-15)29(45)21(34)31(49-5)26(14)42)36-22(12)32(46)37(2)10-16(39)27(43)28(44)17(40)11-38/h6-9,16-17,27-28,38-41,43-44H,10-11,33-34H2,1-5H3/t16-,17+,27+,28+/m0/s1. The highest BCUT2D eigenvalue weighted by molar-refractivity contribution is 6.25. The van der Waals surface area contributed by atoms with Crippen molar-refractivity contribution in [1.29, 1.82) is 0 Å². The number of methoxy groups -OCH3 is 3. The number of amides is 1. The Morgan fingerprint density at radius 2 is 1.51 bits per heavy atom. The molecule has 1 aromatic carbocycles. The molecule has 17 nitrogen and oxygen atoms in total. The first-order chi connectivity index (χ1) is 23.1. The van der Waals surface area contributed by atoms with Gasteiger partial charge in [0.15, 0.2) is 17.3 Å². The fraction of sp³-hybridized carbons (Fsp3) is 0.344. The van der Waals surface area contributed by atoms with Gasteiger partial charge in [0.25, 0.3) is 5.91 Å². The first-order valence-electron chi connectivity index (χ1n) is 14.6. The number of phenolic OH excluding ortho intramolecular Hbond substituents is 1. The van der Waals surface area contributed by atoms with Crippen LogP contribution in [0.2, 0.25) is 0 Å². The number of Topliss-reactive ketones (excluding diaryl/α,β-unsaturated/α-hetero) is 2. The summed E-state index contributed by atoms with van der Waals surface area (Å²) in [6, 6.07) is 5.60. The lowest BCUT2D eigenvalue weighted by molar-refractivity contribution is -0.117. The normalized spacial score (nSPS) is 15.3. The number of carbonyl (C=O) groups excluding carboxylic acids is 3. The van der Waals surface area contributed by atoms with E-state index in [1.54, 1.807) is 0 Å². The van der Waals surface area contributed by atoms with Crippen LogP contribution in [-0.2, 0) is 4.74 Å². The average Bonchev–Trinajstić information content (AvgIpc) is 3.09. The molecule has 3 aromatic rings. The molecule has 10 N–H and O–H groups in total. The number of aromatic nitrogens is 2. The number of ether oxygens (including phenoxy) is 3. The zero-order chi connectivity index (χ0) is 36.5. The van der Waals surface area contributed by atoms with E-state index in [-0.39, 0.29) is 68.0 Å². The molecule has 1 aliphatic carbocycles. The third kappa shape index (κ3) is 6.44. The number of phenols is 1. The van der Waals surface area contributed by atoms with E-state index in [2.05, 4.69) is 9.97 Å². The number of aliphatic hydroxyl groups is 5. The fourth-order valence-electron chi connectivity index (χ4n) is 5.40. The third-order valence-corrected chi connectivity index (χ3v) is 8.10. The molecule has 0 bridgehead atoms. The number of benzene rings is 1. The van der Waals surface area contributed by atoms with Gasteiger partial charge in [0.1, 0.15) is 47.2 Å². The minimum absolute atomic E-state index is 0.0462. The number of fused-ring (bicyclic) bond motifs is 1. The summed E-state index contributed by atoms with van der Waals surface area (Å²) in [7, 11) is 5.13.